The summed E-state index contributed by atoms with van der Waals surface area (Å²) in [4.78, 5) is 26.1. The van der Waals surface area contributed by atoms with Crippen molar-refractivity contribution >= 4 is 28.3 Å². The summed E-state index contributed by atoms with van der Waals surface area (Å²) < 4.78 is 5.15. The molecule has 0 spiro atoms. The molecule has 26 heavy (non-hydrogen) atoms. The van der Waals surface area contributed by atoms with Gasteiger partial charge in [-0.1, -0.05) is 23.5 Å². The Labute approximate surface area is 156 Å². The van der Waals surface area contributed by atoms with Crippen molar-refractivity contribution in [1.29, 1.82) is 0 Å². The molecule has 7 nitrogen and oxygen atoms in total. The molecular formula is C18H22N4O3S. The molecule has 0 saturated carbocycles. The van der Waals surface area contributed by atoms with Gasteiger partial charge in [0.2, 0.25) is 16.9 Å². The summed E-state index contributed by atoms with van der Waals surface area (Å²) in [5.74, 6) is 0.325. The summed E-state index contributed by atoms with van der Waals surface area (Å²) in [7, 11) is 1.63. The summed E-state index contributed by atoms with van der Waals surface area (Å²) >= 11 is 1.35. The van der Waals surface area contributed by atoms with E-state index >= 15 is 0 Å². The normalized spacial score (nSPS) is 17.0. The fourth-order valence-electron chi connectivity index (χ4n) is 2.91. The standard InChI is InChI=1S/C18H22N4O3S/c1-11(2)22-10-13(9-16(22)23)17(24)19-18-21-20-15(26-18)8-12-4-6-14(25-3)7-5-12/h4-7,11,13H,8-10H2,1-3H3,(H,19,21,24)/t13-/m0/s1. The summed E-state index contributed by atoms with van der Waals surface area (Å²) in [5, 5.41) is 12.3. The van der Waals surface area contributed by atoms with E-state index in [4.69, 9.17) is 4.74 Å². The highest BCUT2D eigenvalue weighted by molar-refractivity contribution is 7.15. The minimum atomic E-state index is -0.334. The number of amides is 2. The molecule has 1 fully saturated rings. The Kier molecular flexibility index (Phi) is 5.51. The van der Waals surface area contributed by atoms with E-state index < -0.39 is 0 Å². The number of anilines is 1. The molecule has 2 aromatic rings. The molecule has 1 aromatic heterocycles. The van der Waals surface area contributed by atoms with Crippen molar-refractivity contribution in [1.82, 2.24) is 15.1 Å². The lowest BCUT2D eigenvalue weighted by molar-refractivity contribution is -0.129. The Morgan fingerprint density at radius 2 is 2.08 bits per heavy atom. The van der Waals surface area contributed by atoms with Crippen LogP contribution in [0.25, 0.3) is 0 Å². The van der Waals surface area contributed by atoms with E-state index in [9.17, 15) is 9.59 Å². The fraction of sp³-hybridized carbons (Fsp3) is 0.444. The Balaban J connectivity index is 1.58. The molecule has 3 rings (SSSR count). The predicted octanol–water partition coefficient (Wildman–Crippen LogP) is 2.33. The number of ether oxygens (including phenoxy) is 1. The molecule has 0 unspecified atom stereocenters. The summed E-state index contributed by atoms with van der Waals surface area (Å²) in [6.45, 7) is 4.36. The molecule has 1 aliphatic heterocycles. The predicted molar refractivity (Wildman–Crippen MR) is 99.3 cm³/mol. The van der Waals surface area contributed by atoms with Gasteiger partial charge in [-0.25, -0.2) is 0 Å². The van der Waals surface area contributed by atoms with E-state index in [0.29, 0.717) is 18.1 Å². The molecule has 0 radical (unpaired) electrons. The van der Waals surface area contributed by atoms with Gasteiger partial charge in [-0.2, -0.15) is 0 Å². The molecule has 1 saturated heterocycles. The van der Waals surface area contributed by atoms with Crippen LogP contribution in [0.3, 0.4) is 0 Å². The second-order valence-electron chi connectivity index (χ2n) is 6.56. The van der Waals surface area contributed by atoms with Gasteiger partial charge < -0.3 is 15.0 Å². The molecule has 1 aliphatic rings. The van der Waals surface area contributed by atoms with Gasteiger partial charge in [0.15, 0.2) is 0 Å². The highest BCUT2D eigenvalue weighted by Gasteiger charge is 2.35. The molecular weight excluding hydrogens is 352 g/mol. The highest BCUT2D eigenvalue weighted by Crippen LogP contribution is 2.24. The van der Waals surface area contributed by atoms with Gasteiger partial charge in [0, 0.05) is 25.4 Å². The number of methoxy groups -OCH3 is 1. The van der Waals surface area contributed by atoms with E-state index in [0.717, 1.165) is 16.3 Å². The zero-order valence-electron chi connectivity index (χ0n) is 15.1. The number of benzene rings is 1. The van der Waals surface area contributed by atoms with Crippen LogP contribution in [0.2, 0.25) is 0 Å². The largest absolute Gasteiger partial charge is 0.497 e. The lowest BCUT2D eigenvalue weighted by Gasteiger charge is -2.20. The minimum absolute atomic E-state index is 0.0256. The van der Waals surface area contributed by atoms with Gasteiger partial charge in [0.1, 0.15) is 10.8 Å². The zero-order valence-corrected chi connectivity index (χ0v) is 15.9. The van der Waals surface area contributed by atoms with Crippen LogP contribution in [0.15, 0.2) is 24.3 Å². The zero-order chi connectivity index (χ0) is 18.7. The van der Waals surface area contributed by atoms with E-state index in [1.165, 1.54) is 11.3 Å². The minimum Gasteiger partial charge on any atom is -0.497 e. The van der Waals surface area contributed by atoms with Gasteiger partial charge in [0.25, 0.3) is 0 Å². The number of rotatable bonds is 6. The smallest absolute Gasteiger partial charge is 0.231 e. The van der Waals surface area contributed by atoms with E-state index in [1.54, 1.807) is 12.0 Å². The van der Waals surface area contributed by atoms with Crippen LogP contribution in [0, 0.1) is 5.92 Å². The topological polar surface area (TPSA) is 84.4 Å². The van der Waals surface area contributed by atoms with Crippen molar-refractivity contribution < 1.29 is 14.3 Å². The SMILES string of the molecule is COc1ccc(Cc2nnc(NC(=O)[C@H]3CC(=O)N(C(C)C)C3)s2)cc1. The summed E-state index contributed by atoms with van der Waals surface area (Å²) in [6, 6.07) is 7.86. The van der Waals surface area contributed by atoms with E-state index in [2.05, 4.69) is 15.5 Å². The van der Waals surface area contributed by atoms with Gasteiger partial charge in [0.05, 0.1) is 13.0 Å². The first kappa shape index (κ1) is 18.3. The third kappa shape index (κ3) is 4.19. The van der Waals surface area contributed by atoms with Gasteiger partial charge in [-0.05, 0) is 31.5 Å². The average Bonchev–Trinajstić information content (AvgIpc) is 3.22. The van der Waals surface area contributed by atoms with Gasteiger partial charge in [-0.15, -0.1) is 10.2 Å². The van der Waals surface area contributed by atoms with Crippen LogP contribution in [0.4, 0.5) is 5.13 Å². The van der Waals surface area contributed by atoms with Crippen molar-refractivity contribution in [3.05, 3.63) is 34.8 Å². The number of carbonyl (C=O) groups excluding carboxylic acids is 2. The summed E-state index contributed by atoms with van der Waals surface area (Å²) in [5.41, 5.74) is 1.09. The third-order valence-corrected chi connectivity index (χ3v) is 5.20. The summed E-state index contributed by atoms with van der Waals surface area (Å²) in [6.07, 6.45) is 0.891. The van der Waals surface area contributed by atoms with Crippen molar-refractivity contribution in [2.45, 2.75) is 32.7 Å². The molecule has 2 amide bonds. The van der Waals surface area contributed by atoms with Gasteiger partial charge >= 0.3 is 0 Å². The van der Waals surface area contributed by atoms with Crippen LogP contribution in [0.5, 0.6) is 5.75 Å². The molecule has 1 aromatic carbocycles. The molecule has 138 valence electrons. The molecule has 1 atom stereocenters. The number of nitrogens with zero attached hydrogens (tertiary/aromatic N) is 3. The first-order valence-corrected chi connectivity index (χ1v) is 9.33. The van der Waals surface area contributed by atoms with Crippen molar-refractivity contribution in [2.75, 3.05) is 19.0 Å². The number of likely N-dealkylation sites (tertiary alicyclic amines) is 1. The first-order chi connectivity index (χ1) is 12.5. The Morgan fingerprint density at radius 3 is 2.69 bits per heavy atom. The highest BCUT2D eigenvalue weighted by atomic mass is 32.1. The Hall–Kier alpha value is -2.48. The Morgan fingerprint density at radius 1 is 1.35 bits per heavy atom. The number of hydrogen-bond donors (Lipinski definition) is 1. The second kappa shape index (κ2) is 7.82. The monoisotopic (exact) mass is 374 g/mol. The second-order valence-corrected chi connectivity index (χ2v) is 7.62. The molecule has 8 heteroatoms. The van der Waals surface area contributed by atoms with Crippen molar-refractivity contribution in [3.8, 4) is 5.75 Å². The van der Waals surface area contributed by atoms with Gasteiger partial charge in [-0.3, -0.25) is 9.59 Å². The molecule has 0 bridgehead atoms. The van der Waals surface area contributed by atoms with Crippen molar-refractivity contribution in [2.24, 2.45) is 5.92 Å². The Bertz CT molecular complexity index is 788. The maximum atomic E-state index is 12.4. The number of hydrogen-bond acceptors (Lipinski definition) is 6. The molecule has 1 N–H and O–H groups in total. The van der Waals surface area contributed by atoms with Crippen LogP contribution in [0.1, 0.15) is 30.8 Å². The van der Waals surface area contributed by atoms with Crippen LogP contribution in [-0.2, 0) is 16.0 Å². The van der Waals surface area contributed by atoms with Crippen molar-refractivity contribution in [3.63, 3.8) is 0 Å². The lowest BCUT2D eigenvalue weighted by Crippen LogP contribution is -2.33. The maximum Gasteiger partial charge on any atom is 0.231 e. The van der Waals surface area contributed by atoms with Crippen LogP contribution < -0.4 is 10.1 Å². The molecule has 0 aliphatic carbocycles. The average molecular weight is 374 g/mol. The lowest BCUT2D eigenvalue weighted by atomic mass is 10.1. The number of nitrogens with one attached hydrogen (secondary N) is 1. The number of carbonyl (C=O) groups is 2. The van der Waals surface area contributed by atoms with Crippen LogP contribution >= 0.6 is 11.3 Å². The quantitative estimate of drug-likeness (QED) is 0.839. The fourth-order valence-corrected chi connectivity index (χ4v) is 3.68. The molecule has 2 heterocycles. The van der Waals surface area contributed by atoms with Crippen LogP contribution in [-0.4, -0.2) is 46.6 Å². The number of aromatic nitrogens is 2. The third-order valence-electron chi connectivity index (χ3n) is 4.36. The maximum absolute atomic E-state index is 12.4. The van der Waals surface area contributed by atoms with E-state index in [1.807, 2.05) is 38.1 Å². The first-order valence-electron chi connectivity index (χ1n) is 8.52. The van der Waals surface area contributed by atoms with E-state index in [-0.39, 0.29) is 30.2 Å².